The Morgan fingerprint density at radius 3 is 2.52 bits per heavy atom. The van der Waals surface area contributed by atoms with Gasteiger partial charge < -0.3 is 19.6 Å². The molecule has 2 aromatic heterocycles. The third kappa shape index (κ3) is 6.19. The molecule has 4 heterocycles. The summed E-state index contributed by atoms with van der Waals surface area (Å²) in [6.07, 6.45) is 2.74. The lowest BCUT2D eigenvalue weighted by atomic mass is 10.0. The molecule has 0 amide bonds. The van der Waals surface area contributed by atoms with E-state index >= 15 is 0 Å². The number of nitrogens with two attached hydrogens (primary N) is 1. The number of sulfonamides is 1. The van der Waals surface area contributed by atoms with E-state index in [-0.39, 0.29) is 17.6 Å². The average molecular weight is 588 g/mol. The third-order valence-electron chi connectivity index (χ3n) is 6.98. The second kappa shape index (κ2) is 11.6. The highest BCUT2D eigenvalue weighted by Crippen LogP contribution is 2.36. The second-order valence-electron chi connectivity index (χ2n) is 9.88. The number of carbonyl (C=O) groups excluding carboxylic acids is 1. The molecule has 4 N–H and O–H groups in total. The van der Waals surface area contributed by atoms with Crippen LogP contribution in [0.4, 0.5) is 22.7 Å². The molecule has 0 unspecified atom stereocenters. The molecule has 0 saturated carbocycles. The Morgan fingerprint density at radius 1 is 1.15 bits per heavy atom. The minimum atomic E-state index is -3.77. The summed E-state index contributed by atoms with van der Waals surface area (Å²) in [5.74, 6) is 1.57. The molecule has 12 nitrogen and oxygen atoms in total. The van der Waals surface area contributed by atoms with Crippen LogP contribution in [0.3, 0.4) is 0 Å². The number of benzene rings is 1. The van der Waals surface area contributed by atoms with Gasteiger partial charge in [-0.05, 0) is 57.2 Å². The zero-order valence-electron chi connectivity index (χ0n) is 22.5. The Morgan fingerprint density at radius 2 is 1.85 bits per heavy atom. The van der Waals surface area contributed by atoms with Gasteiger partial charge in [0.15, 0.2) is 5.13 Å². The molecule has 2 aliphatic rings. The number of hydrogen-bond donors (Lipinski definition) is 3. The smallest absolute Gasteiger partial charge is 0.350 e. The number of piperidine rings is 1. The molecule has 1 saturated heterocycles. The number of aryl methyl sites for hydroxylation is 1. The zero-order valence-corrected chi connectivity index (χ0v) is 24.1. The Labute approximate surface area is 237 Å². The summed E-state index contributed by atoms with van der Waals surface area (Å²) in [6, 6.07) is 6.55. The molecule has 0 atom stereocenters. The van der Waals surface area contributed by atoms with Gasteiger partial charge in [0.2, 0.25) is 16.0 Å². The quantitative estimate of drug-likeness (QED) is 0.332. The van der Waals surface area contributed by atoms with Crippen molar-refractivity contribution < 1.29 is 23.1 Å². The van der Waals surface area contributed by atoms with Crippen LogP contribution in [-0.2, 0) is 27.7 Å². The highest BCUT2D eigenvalue weighted by molar-refractivity contribution is 7.89. The molecule has 5 rings (SSSR count). The van der Waals surface area contributed by atoms with Crippen LogP contribution in [0, 0.1) is 6.92 Å². The SMILES string of the molecule is CCOC(=O)c1sc(Nc2nc(N3CCC(O)CC3)c3c(n2)N(Cc2ccc(S(N)(=O)=O)cc2)CCC3)nc1C. The highest BCUT2D eigenvalue weighted by Gasteiger charge is 2.29. The van der Waals surface area contributed by atoms with Crippen LogP contribution in [0.25, 0.3) is 0 Å². The second-order valence-corrected chi connectivity index (χ2v) is 12.4. The van der Waals surface area contributed by atoms with Crippen LogP contribution in [0.15, 0.2) is 29.2 Å². The summed E-state index contributed by atoms with van der Waals surface area (Å²) in [4.78, 5) is 31.5. The molecule has 1 fully saturated rings. The maximum atomic E-state index is 12.3. The van der Waals surface area contributed by atoms with Crippen LogP contribution >= 0.6 is 11.3 Å². The lowest BCUT2D eigenvalue weighted by Gasteiger charge is -2.36. The van der Waals surface area contributed by atoms with Gasteiger partial charge in [-0.3, -0.25) is 5.32 Å². The van der Waals surface area contributed by atoms with E-state index in [1.807, 2.05) is 0 Å². The van der Waals surface area contributed by atoms with Crippen molar-refractivity contribution in [2.24, 2.45) is 5.14 Å². The molecular weight excluding hydrogens is 554 g/mol. The van der Waals surface area contributed by atoms with E-state index < -0.39 is 16.0 Å². The predicted octanol–water partition coefficient (Wildman–Crippen LogP) is 2.72. The summed E-state index contributed by atoms with van der Waals surface area (Å²) < 4.78 is 28.5. The van der Waals surface area contributed by atoms with Crippen LogP contribution in [0.5, 0.6) is 0 Å². The first-order chi connectivity index (χ1) is 19.1. The molecule has 0 aliphatic carbocycles. The monoisotopic (exact) mass is 587 g/mol. The summed E-state index contributed by atoms with van der Waals surface area (Å²) in [5, 5.41) is 19.0. The number of thiazole rings is 1. The van der Waals surface area contributed by atoms with Gasteiger partial charge in [0.1, 0.15) is 16.5 Å². The van der Waals surface area contributed by atoms with E-state index in [1.165, 1.54) is 23.5 Å². The van der Waals surface area contributed by atoms with Crippen molar-refractivity contribution in [3.63, 3.8) is 0 Å². The van der Waals surface area contributed by atoms with Gasteiger partial charge in [-0.1, -0.05) is 23.5 Å². The number of rotatable bonds is 8. The normalized spacial score (nSPS) is 16.1. The molecule has 0 spiro atoms. The third-order valence-corrected chi connectivity index (χ3v) is 8.97. The maximum Gasteiger partial charge on any atom is 0.350 e. The number of primary sulfonamides is 1. The Hall–Kier alpha value is -3.33. The molecule has 40 heavy (non-hydrogen) atoms. The molecular formula is C26H33N7O5S2. The van der Waals surface area contributed by atoms with Crippen molar-refractivity contribution in [2.75, 3.05) is 41.4 Å². The molecule has 14 heteroatoms. The average Bonchev–Trinajstić information content (AvgIpc) is 3.29. The summed E-state index contributed by atoms with van der Waals surface area (Å²) in [6.45, 7) is 6.45. The molecule has 3 aromatic rings. The molecule has 0 bridgehead atoms. The Balaban J connectivity index is 1.49. The lowest BCUT2D eigenvalue weighted by Crippen LogP contribution is -2.38. The van der Waals surface area contributed by atoms with Crippen molar-refractivity contribution in [2.45, 2.75) is 57.1 Å². The number of aliphatic hydroxyl groups is 1. The van der Waals surface area contributed by atoms with Gasteiger partial charge in [0.05, 0.1) is 23.3 Å². The largest absolute Gasteiger partial charge is 0.462 e. The number of aromatic nitrogens is 3. The number of aliphatic hydroxyl groups excluding tert-OH is 1. The number of fused-ring (bicyclic) bond motifs is 1. The number of esters is 1. The standard InChI is InChI=1S/C26H33N7O5S2/c1-3-38-24(35)21-16(2)28-26(39-21)31-25-29-22(32-13-10-18(34)11-14-32)20-5-4-12-33(23(20)30-25)15-17-6-8-19(9-7-17)40(27,36)37/h6-9,18,34H,3-5,10-15H2,1-2H3,(H2,27,36,37)(H,28,29,30,31). The Bertz CT molecular complexity index is 1490. The first kappa shape index (κ1) is 28.2. The van der Waals surface area contributed by atoms with Crippen molar-refractivity contribution in [1.82, 2.24) is 15.0 Å². The number of hydrogen-bond acceptors (Lipinski definition) is 12. The summed E-state index contributed by atoms with van der Waals surface area (Å²) in [5.41, 5.74) is 2.53. The number of ether oxygens (including phenoxy) is 1. The number of nitrogens with one attached hydrogen (secondary N) is 1. The number of carbonyl (C=O) groups is 1. The van der Waals surface area contributed by atoms with E-state index in [0.717, 1.165) is 42.1 Å². The van der Waals surface area contributed by atoms with Crippen molar-refractivity contribution in [3.8, 4) is 0 Å². The zero-order chi connectivity index (χ0) is 28.4. The highest BCUT2D eigenvalue weighted by atomic mass is 32.2. The van der Waals surface area contributed by atoms with Crippen molar-refractivity contribution in [1.29, 1.82) is 0 Å². The van der Waals surface area contributed by atoms with E-state index in [0.29, 0.717) is 54.1 Å². The summed E-state index contributed by atoms with van der Waals surface area (Å²) in [7, 11) is -3.77. The van der Waals surface area contributed by atoms with Crippen LogP contribution in [-0.4, -0.2) is 66.8 Å². The predicted molar refractivity (Wildman–Crippen MR) is 153 cm³/mol. The summed E-state index contributed by atoms with van der Waals surface area (Å²) >= 11 is 1.19. The molecule has 2 aliphatic heterocycles. The van der Waals surface area contributed by atoms with Crippen LogP contribution in [0.2, 0.25) is 0 Å². The molecule has 214 valence electrons. The number of nitrogens with zero attached hydrogens (tertiary/aromatic N) is 5. The van der Waals surface area contributed by atoms with E-state index in [9.17, 15) is 18.3 Å². The van der Waals surface area contributed by atoms with Crippen molar-refractivity contribution in [3.05, 3.63) is 46.0 Å². The van der Waals surface area contributed by atoms with Gasteiger partial charge in [-0.2, -0.15) is 9.97 Å². The first-order valence-corrected chi connectivity index (χ1v) is 15.6. The number of anilines is 4. The fourth-order valence-electron chi connectivity index (χ4n) is 4.98. The van der Waals surface area contributed by atoms with Crippen LogP contribution in [0.1, 0.15) is 52.7 Å². The topological polar surface area (TPSA) is 164 Å². The Kier molecular flexibility index (Phi) is 8.21. The first-order valence-electron chi connectivity index (χ1n) is 13.2. The maximum absolute atomic E-state index is 12.3. The fraction of sp³-hybridized carbons (Fsp3) is 0.462. The molecule has 0 radical (unpaired) electrons. The fourth-order valence-corrected chi connectivity index (χ4v) is 6.35. The van der Waals surface area contributed by atoms with Gasteiger partial charge in [-0.15, -0.1) is 0 Å². The van der Waals surface area contributed by atoms with Gasteiger partial charge in [0, 0.05) is 31.7 Å². The van der Waals surface area contributed by atoms with Crippen molar-refractivity contribution >= 4 is 50.0 Å². The van der Waals surface area contributed by atoms with Crippen LogP contribution < -0.4 is 20.3 Å². The van der Waals surface area contributed by atoms with E-state index in [1.54, 1.807) is 26.0 Å². The minimum absolute atomic E-state index is 0.0691. The van der Waals surface area contributed by atoms with Gasteiger partial charge >= 0.3 is 5.97 Å². The van der Waals surface area contributed by atoms with Gasteiger partial charge in [-0.25, -0.2) is 23.3 Å². The van der Waals surface area contributed by atoms with Gasteiger partial charge in [0.25, 0.3) is 0 Å². The lowest BCUT2D eigenvalue weighted by molar-refractivity contribution is 0.0531. The van der Waals surface area contributed by atoms with E-state index in [2.05, 4.69) is 20.1 Å². The minimum Gasteiger partial charge on any atom is -0.462 e. The van der Waals surface area contributed by atoms with E-state index in [4.69, 9.17) is 19.8 Å². The molecule has 1 aromatic carbocycles.